The molecule has 0 spiro atoms. The van der Waals surface area contributed by atoms with Crippen molar-refractivity contribution in [1.82, 2.24) is 0 Å². The third-order valence-corrected chi connectivity index (χ3v) is 12.7. The molecule has 0 amide bonds. The summed E-state index contributed by atoms with van der Waals surface area (Å²) in [5.41, 5.74) is 0. The minimum absolute atomic E-state index is 0.104. The molecule has 6 nitrogen and oxygen atoms in total. The third kappa shape index (κ3) is 55.6. The highest BCUT2D eigenvalue weighted by atomic mass is 16.6. The van der Waals surface area contributed by atoms with E-state index in [1.165, 1.54) is 173 Å². The molecule has 0 rings (SSSR count). The van der Waals surface area contributed by atoms with Gasteiger partial charge in [0.15, 0.2) is 6.10 Å². The molecule has 0 aliphatic carbocycles. The molecule has 0 aromatic carbocycles. The largest absolute Gasteiger partial charge is 0.462 e. The van der Waals surface area contributed by atoms with E-state index < -0.39 is 6.10 Å². The van der Waals surface area contributed by atoms with Gasteiger partial charge in [-0.05, 0) is 89.9 Å². The van der Waals surface area contributed by atoms with Gasteiger partial charge in [-0.1, -0.05) is 254 Å². The number of hydrogen-bond donors (Lipinski definition) is 0. The van der Waals surface area contributed by atoms with Gasteiger partial charge in [-0.25, -0.2) is 0 Å². The van der Waals surface area contributed by atoms with Crippen LogP contribution in [-0.4, -0.2) is 37.2 Å². The molecule has 0 radical (unpaired) electrons. The van der Waals surface area contributed by atoms with Crippen LogP contribution in [0, 0.1) is 0 Å². The highest BCUT2D eigenvalue weighted by Gasteiger charge is 2.19. The van der Waals surface area contributed by atoms with Crippen molar-refractivity contribution >= 4 is 17.9 Å². The fourth-order valence-electron chi connectivity index (χ4n) is 8.23. The van der Waals surface area contributed by atoms with Crippen LogP contribution in [0.5, 0.6) is 0 Å². The lowest BCUT2D eigenvalue weighted by Crippen LogP contribution is -2.30. The maximum Gasteiger partial charge on any atom is 0.306 e. The molecule has 0 aromatic heterocycles. The van der Waals surface area contributed by atoms with Crippen LogP contribution < -0.4 is 0 Å². The number of rotatable bonds is 53. The van der Waals surface area contributed by atoms with Gasteiger partial charge in [-0.3, -0.25) is 14.4 Å². The first-order valence-corrected chi connectivity index (χ1v) is 29.4. The van der Waals surface area contributed by atoms with Gasteiger partial charge in [-0.2, -0.15) is 0 Å². The Morgan fingerprint density at radius 3 is 0.928 bits per heavy atom. The van der Waals surface area contributed by atoms with Gasteiger partial charge in [0, 0.05) is 19.3 Å². The molecule has 398 valence electrons. The number of ether oxygens (including phenoxy) is 3. The summed E-state index contributed by atoms with van der Waals surface area (Å²) < 4.78 is 16.8. The molecule has 0 heterocycles. The first-order valence-electron chi connectivity index (χ1n) is 29.4. The fourth-order valence-corrected chi connectivity index (χ4v) is 8.23. The quantitative estimate of drug-likeness (QED) is 0.0262. The fraction of sp³-hybridized carbons (Fsp3) is 0.762. The standard InChI is InChI=1S/C63H110O6/c1-4-7-10-13-16-19-22-25-28-30-31-33-36-38-41-44-47-50-53-56-62(65)68-59-60(69-63(66)57-54-51-48-45-42-39-34-27-24-21-18-15-12-9-6-3)58-67-61(64)55-52-49-46-43-40-37-35-32-29-26-23-20-17-14-11-8-5-2/h18,21,26-27,29,34-35,37,42-43,45-46,60H,4-17,19-20,22-25,28,30-33,36,38-41,44,47-59H2,1-3H3/b21-18-,29-26-,34-27-,37-35-,45-42-,46-43-/t60-/m1/s1. The lowest BCUT2D eigenvalue weighted by molar-refractivity contribution is -0.167. The minimum atomic E-state index is -0.814. The monoisotopic (exact) mass is 963 g/mol. The zero-order valence-corrected chi connectivity index (χ0v) is 45.6. The molecule has 6 heteroatoms. The van der Waals surface area contributed by atoms with Crippen molar-refractivity contribution in [3.63, 3.8) is 0 Å². The van der Waals surface area contributed by atoms with Crippen molar-refractivity contribution in [3.05, 3.63) is 72.9 Å². The van der Waals surface area contributed by atoms with Crippen LogP contribution in [0.25, 0.3) is 0 Å². The number of allylic oxidation sites excluding steroid dienone is 12. The average molecular weight is 964 g/mol. The van der Waals surface area contributed by atoms with E-state index in [1.807, 2.05) is 0 Å². The van der Waals surface area contributed by atoms with Crippen LogP contribution >= 0.6 is 0 Å². The van der Waals surface area contributed by atoms with Gasteiger partial charge in [0.1, 0.15) is 13.2 Å². The molecular formula is C63H110O6. The van der Waals surface area contributed by atoms with Gasteiger partial charge in [-0.15, -0.1) is 0 Å². The molecule has 0 aromatic rings. The second-order valence-electron chi connectivity index (χ2n) is 19.6. The van der Waals surface area contributed by atoms with Crippen molar-refractivity contribution in [2.75, 3.05) is 13.2 Å². The van der Waals surface area contributed by atoms with Crippen LogP contribution in [0.2, 0.25) is 0 Å². The van der Waals surface area contributed by atoms with Gasteiger partial charge in [0.05, 0.1) is 0 Å². The Morgan fingerprint density at radius 1 is 0.290 bits per heavy atom. The van der Waals surface area contributed by atoms with Gasteiger partial charge in [0.2, 0.25) is 0 Å². The maximum absolute atomic E-state index is 12.8. The molecular weight excluding hydrogens is 853 g/mol. The van der Waals surface area contributed by atoms with E-state index >= 15 is 0 Å². The van der Waals surface area contributed by atoms with E-state index in [1.54, 1.807) is 0 Å². The molecule has 69 heavy (non-hydrogen) atoms. The van der Waals surface area contributed by atoms with E-state index in [4.69, 9.17) is 14.2 Å². The Morgan fingerprint density at radius 2 is 0.536 bits per heavy atom. The van der Waals surface area contributed by atoms with E-state index in [9.17, 15) is 14.4 Å². The lowest BCUT2D eigenvalue weighted by Gasteiger charge is -2.18. The molecule has 0 bridgehead atoms. The third-order valence-electron chi connectivity index (χ3n) is 12.7. The van der Waals surface area contributed by atoms with Gasteiger partial charge in [0.25, 0.3) is 0 Å². The minimum Gasteiger partial charge on any atom is -0.462 e. The molecule has 0 fully saturated rings. The van der Waals surface area contributed by atoms with E-state index in [0.717, 1.165) is 64.2 Å². The molecule has 0 saturated heterocycles. The molecule has 0 aliphatic rings. The van der Waals surface area contributed by atoms with Crippen molar-refractivity contribution < 1.29 is 28.6 Å². The Bertz CT molecular complexity index is 1290. The Labute approximate surface area is 427 Å². The Kier molecular flexibility index (Phi) is 54.8. The van der Waals surface area contributed by atoms with E-state index in [0.29, 0.717) is 19.3 Å². The molecule has 1 atom stereocenters. The number of esters is 3. The van der Waals surface area contributed by atoms with Crippen LogP contribution in [0.15, 0.2) is 72.9 Å². The normalized spacial score (nSPS) is 12.6. The SMILES string of the molecule is CCCCC/C=C\C/C=C\C/C=C\CCCCC(=O)O[C@H](COC(=O)CCC/C=C\C/C=C\C/C=C\CCCCCCCC)COC(=O)CCCCCCCCCCCCCCCCCCCCC. The average Bonchev–Trinajstić information content (AvgIpc) is 3.35. The van der Waals surface area contributed by atoms with Crippen LogP contribution in [0.1, 0.15) is 290 Å². The second-order valence-corrected chi connectivity index (χ2v) is 19.6. The van der Waals surface area contributed by atoms with E-state index in [-0.39, 0.29) is 44.0 Å². The van der Waals surface area contributed by atoms with Crippen LogP contribution in [-0.2, 0) is 28.6 Å². The zero-order valence-electron chi connectivity index (χ0n) is 45.6. The number of carbonyl (C=O) groups excluding carboxylic acids is 3. The Hall–Kier alpha value is -3.15. The molecule has 0 N–H and O–H groups in total. The molecule has 0 saturated carbocycles. The topological polar surface area (TPSA) is 78.9 Å². The lowest BCUT2D eigenvalue weighted by atomic mass is 10.0. The number of unbranched alkanes of at least 4 members (excludes halogenated alkanes) is 30. The summed E-state index contributed by atoms with van der Waals surface area (Å²) in [6.45, 7) is 6.56. The maximum atomic E-state index is 12.8. The van der Waals surface area contributed by atoms with Crippen molar-refractivity contribution in [2.24, 2.45) is 0 Å². The highest BCUT2D eigenvalue weighted by Crippen LogP contribution is 2.16. The smallest absolute Gasteiger partial charge is 0.306 e. The predicted molar refractivity (Wildman–Crippen MR) is 298 cm³/mol. The van der Waals surface area contributed by atoms with Crippen LogP contribution in [0.3, 0.4) is 0 Å². The summed E-state index contributed by atoms with van der Waals surface area (Å²) in [5, 5.41) is 0. The van der Waals surface area contributed by atoms with Crippen LogP contribution in [0.4, 0.5) is 0 Å². The highest BCUT2D eigenvalue weighted by molar-refractivity contribution is 5.71. The molecule has 0 aliphatic heterocycles. The first kappa shape index (κ1) is 65.8. The first-order chi connectivity index (χ1) is 34.0. The second kappa shape index (κ2) is 57.4. The number of hydrogen-bond acceptors (Lipinski definition) is 6. The van der Waals surface area contributed by atoms with Crippen molar-refractivity contribution in [2.45, 2.75) is 297 Å². The van der Waals surface area contributed by atoms with Crippen molar-refractivity contribution in [3.8, 4) is 0 Å². The predicted octanol–water partition coefficient (Wildman–Crippen LogP) is 19.8. The van der Waals surface area contributed by atoms with Gasteiger partial charge < -0.3 is 14.2 Å². The van der Waals surface area contributed by atoms with Gasteiger partial charge >= 0.3 is 17.9 Å². The van der Waals surface area contributed by atoms with E-state index in [2.05, 4.69) is 93.7 Å². The summed E-state index contributed by atoms with van der Waals surface area (Å²) >= 11 is 0. The summed E-state index contributed by atoms with van der Waals surface area (Å²) in [7, 11) is 0. The summed E-state index contributed by atoms with van der Waals surface area (Å²) in [5.74, 6) is -0.988. The zero-order chi connectivity index (χ0) is 50.0. The Balaban J connectivity index is 4.46. The van der Waals surface area contributed by atoms with Crippen molar-refractivity contribution in [1.29, 1.82) is 0 Å². The summed E-state index contributed by atoms with van der Waals surface area (Å²) in [6.07, 6.45) is 73.3. The summed E-state index contributed by atoms with van der Waals surface area (Å²) in [6, 6.07) is 0. The number of carbonyl (C=O) groups is 3. The molecule has 0 unspecified atom stereocenters. The summed E-state index contributed by atoms with van der Waals surface area (Å²) in [4.78, 5) is 38.1.